The van der Waals surface area contributed by atoms with Gasteiger partial charge in [-0.1, -0.05) is 19.9 Å². The molecule has 1 N–H and O–H groups in total. The van der Waals surface area contributed by atoms with Gasteiger partial charge in [0.25, 0.3) is 5.91 Å². The Bertz CT molecular complexity index is 811. The van der Waals surface area contributed by atoms with E-state index < -0.39 is 10.0 Å². The number of piperazine rings is 1. The van der Waals surface area contributed by atoms with Crippen molar-refractivity contribution in [2.75, 3.05) is 59.4 Å². The fourth-order valence-electron chi connectivity index (χ4n) is 4.56. The summed E-state index contributed by atoms with van der Waals surface area (Å²) in [5.41, 5.74) is 0.394. The highest BCUT2D eigenvalue weighted by Crippen LogP contribution is 2.21. The molecular weight excluding hydrogens is 400 g/mol. The number of piperidine rings is 1. The van der Waals surface area contributed by atoms with Crippen molar-refractivity contribution in [3.8, 4) is 0 Å². The highest BCUT2D eigenvalue weighted by molar-refractivity contribution is 7.89. The lowest BCUT2D eigenvalue weighted by molar-refractivity contribution is 0.0947. The maximum atomic E-state index is 12.9. The maximum Gasteiger partial charge on any atom is 0.251 e. The quantitative estimate of drug-likeness (QED) is 0.659. The number of hydrogen-bond acceptors (Lipinski definition) is 5. The third kappa shape index (κ3) is 6.03. The van der Waals surface area contributed by atoms with Crippen molar-refractivity contribution >= 4 is 15.9 Å². The van der Waals surface area contributed by atoms with Crippen LogP contribution in [0.2, 0.25) is 0 Å². The zero-order chi connectivity index (χ0) is 21.7. The maximum absolute atomic E-state index is 12.9. The van der Waals surface area contributed by atoms with E-state index in [0.717, 1.165) is 37.9 Å². The molecule has 0 radical (unpaired) electrons. The first-order valence-electron chi connectivity index (χ1n) is 11.0. The molecule has 0 saturated carbocycles. The summed E-state index contributed by atoms with van der Waals surface area (Å²) in [4.78, 5) is 17.3. The molecular formula is C22H36N4O3S. The lowest BCUT2D eigenvalue weighted by Crippen LogP contribution is -2.47. The summed E-state index contributed by atoms with van der Waals surface area (Å²) < 4.78 is 27.4. The molecule has 2 fully saturated rings. The lowest BCUT2D eigenvalue weighted by Gasteiger charge is -2.34. The second kappa shape index (κ2) is 10.2. The van der Waals surface area contributed by atoms with Crippen LogP contribution in [0.5, 0.6) is 0 Å². The van der Waals surface area contributed by atoms with E-state index in [1.807, 2.05) is 7.05 Å². The number of benzene rings is 1. The van der Waals surface area contributed by atoms with Crippen molar-refractivity contribution in [1.29, 1.82) is 0 Å². The Morgan fingerprint density at radius 1 is 1.10 bits per heavy atom. The van der Waals surface area contributed by atoms with Crippen LogP contribution in [0, 0.1) is 11.8 Å². The molecule has 0 bridgehead atoms. The number of rotatable bonds is 7. The van der Waals surface area contributed by atoms with Gasteiger partial charge in [-0.05, 0) is 56.5 Å². The van der Waals surface area contributed by atoms with Crippen LogP contribution in [-0.2, 0) is 10.0 Å². The summed E-state index contributed by atoms with van der Waals surface area (Å²) in [5.74, 6) is 1.24. The Kier molecular flexibility index (Phi) is 7.90. The molecule has 0 spiro atoms. The second-order valence-corrected chi connectivity index (χ2v) is 11.0. The summed E-state index contributed by atoms with van der Waals surface area (Å²) in [6, 6.07) is 6.39. The zero-order valence-corrected chi connectivity index (χ0v) is 19.3. The van der Waals surface area contributed by atoms with Crippen LogP contribution in [0.15, 0.2) is 29.2 Å². The van der Waals surface area contributed by atoms with E-state index in [2.05, 4.69) is 29.0 Å². The monoisotopic (exact) mass is 436 g/mol. The minimum atomic E-state index is -3.57. The molecule has 168 valence electrons. The molecule has 2 aliphatic rings. The third-order valence-corrected chi connectivity index (χ3v) is 7.97. The Hall–Kier alpha value is -1.48. The van der Waals surface area contributed by atoms with Crippen molar-refractivity contribution < 1.29 is 13.2 Å². The Morgan fingerprint density at radius 3 is 2.43 bits per heavy atom. The number of hydrogen-bond donors (Lipinski definition) is 1. The van der Waals surface area contributed by atoms with Crippen LogP contribution in [0.1, 0.15) is 37.0 Å². The summed E-state index contributed by atoms with van der Waals surface area (Å²) in [7, 11) is -1.58. The Balaban J connectivity index is 1.52. The van der Waals surface area contributed by atoms with Crippen molar-refractivity contribution in [3.05, 3.63) is 29.8 Å². The van der Waals surface area contributed by atoms with Crippen molar-refractivity contribution in [3.63, 3.8) is 0 Å². The topological polar surface area (TPSA) is 73.0 Å². The van der Waals surface area contributed by atoms with Gasteiger partial charge in [0.15, 0.2) is 0 Å². The van der Waals surface area contributed by atoms with Crippen LogP contribution in [0.25, 0.3) is 0 Å². The fourth-order valence-corrected chi connectivity index (χ4v) is 6.03. The summed E-state index contributed by atoms with van der Waals surface area (Å²) >= 11 is 0. The third-order valence-electron chi connectivity index (χ3n) is 6.08. The molecule has 2 saturated heterocycles. The predicted octanol–water partition coefficient (Wildman–Crippen LogP) is 1.72. The van der Waals surface area contributed by atoms with E-state index in [-0.39, 0.29) is 10.8 Å². The average Bonchev–Trinajstić information content (AvgIpc) is 2.71. The molecule has 0 aromatic heterocycles. The predicted molar refractivity (Wildman–Crippen MR) is 119 cm³/mol. The second-order valence-electron chi connectivity index (χ2n) is 9.05. The number of amides is 1. The fraction of sp³-hybridized carbons (Fsp3) is 0.682. The number of nitrogens with zero attached hydrogens (tertiary/aromatic N) is 3. The standard InChI is InChI=1S/C22H36N4O3S/c1-18-14-19(2)17-25(16-18)9-5-8-23-22(27)20-6-4-7-21(15-20)30(28,29)26-12-10-24(3)11-13-26/h4,6-7,15,18-19H,5,8-14,16-17H2,1-3H3,(H,23,27)/t18-,19-/m0/s1. The van der Waals surface area contributed by atoms with Gasteiger partial charge in [-0.3, -0.25) is 4.79 Å². The van der Waals surface area contributed by atoms with Gasteiger partial charge in [0.2, 0.25) is 10.0 Å². The van der Waals surface area contributed by atoms with E-state index >= 15 is 0 Å². The molecule has 8 heteroatoms. The first kappa shape index (κ1) is 23.2. The number of sulfonamides is 1. The number of likely N-dealkylation sites (tertiary alicyclic amines) is 1. The van der Waals surface area contributed by atoms with Crippen LogP contribution >= 0.6 is 0 Å². The van der Waals surface area contributed by atoms with Gasteiger partial charge in [0, 0.05) is 51.4 Å². The molecule has 3 rings (SSSR count). The number of nitrogens with one attached hydrogen (secondary N) is 1. The van der Waals surface area contributed by atoms with Gasteiger partial charge in [0.05, 0.1) is 4.90 Å². The highest BCUT2D eigenvalue weighted by atomic mass is 32.2. The van der Waals surface area contributed by atoms with E-state index in [9.17, 15) is 13.2 Å². The van der Waals surface area contributed by atoms with Crippen molar-refractivity contribution in [2.24, 2.45) is 11.8 Å². The van der Waals surface area contributed by atoms with Gasteiger partial charge >= 0.3 is 0 Å². The molecule has 2 heterocycles. The average molecular weight is 437 g/mol. The molecule has 30 heavy (non-hydrogen) atoms. The number of carbonyl (C=O) groups is 1. The Labute approximate surface area is 181 Å². The van der Waals surface area contributed by atoms with Gasteiger partial charge in [0.1, 0.15) is 0 Å². The van der Waals surface area contributed by atoms with E-state index in [1.54, 1.807) is 18.2 Å². The van der Waals surface area contributed by atoms with Gasteiger partial charge in [-0.2, -0.15) is 4.31 Å². The van der Waals surface area contributed by atoms with Gasteiger partial charge in [-0.25, -0.2) is 8.42 Å². The van der Waals surface area contributed by atoms with Crippen molar-refractivity contribution in [1.82, 2.24) is 19.4 Å². The van der Waals surface area contributed by atoms with Gasteiger partial charge in [-0.15, -0.1) is 0 Å². The summed E-state index contributed by atoms with van der Waals surface area (Å²) in [6.07, 6.45) is 2.19. The molecule has 2 atom stereocenters. The van der Waals surface area contributed by atoms with Crippen LogP contribution in [-0.4, -0.2) is 87.8 Å². The molecule has 0 aliphatic carbocycles. The normalized spacial score (nSPS) is 24.6. The summed E-state index contributed by atoms with van der Waals surface area (Å²) in [6.45, 7) is 10.8. The Morgan fingerprint density at radius 2 is 1.77 bits per heavy atom. The largest absolute Gasteiger partial charge is 0.352 e. The first-order valence-corrected chi connectivity index (χ1v) is 12.5. The highest BCUT2D eigenvalue weighted by Gasteiger charge is 2.28. The van der Waals surface area contributed by atoms with Gasteiger partial charge < -0.3 is 15.1 Å². The smallest absolute Gasteiger partial charge is 0.251 e. The molecule has 2 aliphatic heterocycles. The van der Waals surface area contributed by atoms with Crippen LogP contribution in [0.4, 0.5) is 0 Å². The van der Waals surface area contributed by atoms with Crippen LogP contribution < -0.4 is 5.32 Å². The molecule has 1 aromatic rings. The molecule has 7 nitrogen and oxygen atoms in total. The summed E-state index contributed by atoms with van der Waals surface area (Å²) in [5, 5.41) is 2.94. The molecule has 0 unspecified atom stereocenters. The zero-order valence-electron chi connectivity index (χ0n) is 18.5. The lowest BCUT2D eigenvalue weighted by atomic mass is 9.92. The molecule has 1 aromatic carbocycles. The minimum Gasteiger partial charge on any atom is -0.352 e. The van der Waals surface area contributed by atoms with E-state index in [1.165, 1.54) is 16.8 Å². The van der Waals surface area contributed by atoms with Crippen LogP contribution in [0.3, 0.4) is 0 Å². The number of likely N-dealkylation sites (N-methyl/N-ethyl adjacent to an activating group) is 1. The van der Waals surface area contributed by atoms with E-state index in [0.29, 0.717) is 38.3 Å². The number of carbonyl (C=O) groups excluding carboxylic acids is 1. The molecule has 1 amide bonds. The van der Waals surface area contributed by atoms with E-state index in [4.69, 9.17) is 0 Å². The SMILES string of the molecule is C[C@H]1C[C@H](C)CN(CCCNC(=O)c2cccc(S(=O)(=O)N3CCN(C)CC3)c2)C1. The minimum absolute atomic E-state index is 0.191. The first-order chi connectivity index (χ1) is 14.3. The van der Waals surface area contributed by atoms with Crippen molar-refractivity contribution in [2.45, 2.75) is 31.6 Å².